The van der Waals surface area contributed by atoms with Crippen LogP contribution in [0.5, 0.6) is 0 Å². The molecular weight excluding hydrogens is 104 g/mol. The van der Waals surface area contributed by atoms with E-state index in [0.717, 1.165) is 12.0 Å². The van der Waals surface area contributed by atoms with Crippen LogP contribution in [-0.2, 0) is 0 Å². The Balaban J connectivity index is 2.28. The van der Waals surface area contributed by atoms with Crippen molar-refractivity contribution in [1.82, 2.24) is 0 Å². The van der Waals surface area contributed by atoms with Gasteiger partial charge in [0.1, 0.15) is 0 Å². The zero-order valence-electron chi connectivity index (χ0n) is 4.67. The molecule has 0 aromatic rings. The largest absolute Gasteiger partial charge is 0.394 e. The summed E-state index contributed by atoms with van der Waals surface area (Å²) in [6.07, 6.45) is 0.337. The fourth-order valence-electron chi connectivity index (χ4n) is 0.759. The molecule has 46 valence electrons. The van der Waals surface area contributed by atoms with Crippen LogP contribution in [0.25, 0.3) is 0 Å². The minimum Gasteiger partial charge on any atom is -0.394 e. The third kappa shape index (κ3) is 0.904. The Hall–Kier alpha value is -0.340. The predicted octanol–water partition coefficient (Wildman–Crippen LogP) is -0.0843. The van der Waals surface area contributed by atoms with E-state index in [1.807, 2.05) is 0 Å². The Labute approximate surface area is 48.5 Å². The zero-order chi connectivity index (χ0) is 6.15. The molecule has 0 unspecified atom stereocenters. The molecule has 2 N–H and O–H groups in total. The molecule has 0 aromatic heterocycles. The first-order chi connectivity index (χ1) is 3.75. The molecule has 0 aromatic carbocycles. The maximum atomic E-state index is 8.86. The van der Waals surface area contributed by atoms with Crippen LogP contribution in [0.15, 0.2) is 12.2 Å². The SMILES string of the molecule is C=C1C[C@@H]1[C@@H](O)CO. The highest BCUT2D eigenvalue weighted by molar-refractivity contribution is 5.20. The summed E-state index contributed by atoms with van der Waals surface area (Å²) in [5.41, 5.74) is 1.06. The summed E-state index contributed by atoms with van der Waals surface area (Å²) in [4.78, 5) is 0. The number of aliphatic hydroxyl groups is 2. The molecule has 2 atom stereocenters. The molecule has 1 rings (SSSR count). The topological polar surface area (TPSA) is 40.5 Å². The van der Waals surface area contributed by atoms with E-state index in [1.54, 1.807) is 0 Å². The maximum Gasteiger partial charge on any atom is 0.0838 e. The highest BCUT2D eigenvalue weighted by atomic mass is 16.3. The molecule has 2 nitrogen and oxygen atoms in total. The molecule has 2 heteroatoms. The number of hydrogen-bond donors (Lipinski definition) is 2. The van der Waals surface area contributed by atoms with Crippen LogP contribution in [0.1, 0.15) is 6.42 Å². The molecular formula is C6H10O2. The molecule has 1 aliphatic carbocycles. The Bertz CT molecular complexity index is 109. The molecule has 1 saturated carbocycles. The summed E-state index contributed by atoms with van der Waals surface area (Å²) in [6.45, 7) is 3.51. The number of hydrogen-bond acceptors (Lipinski definition) is 2. The van der Waals surface area contributed by atoms with Gasteiger partial charge in [0.15, 0.2) is 0 Å². The molecule has 0 heterocycles. The van der Waals surface area contributed by atoms with E-state index in [1.165, 1.54) is 0 Å². The van der Waals surface area contributed by atoms with E-state index in [4.69, 9.17) is 10.2 Å². The van der Waals surface area contributed by atoms with Crippen molar-refractivity contribution in [3.05, 3.63) is 12.2 Å². The van der Waals surface area contributed by atoms with Gasteiger partial charge in [-0.25, -0.2) is 0 Å². The van der Waals surface area contributed by atoms with Crippen LogP contribution >= 0.6 is 0 Å². The minimum atomic E-state index is -0.553. The third-order valence-corrected chi connectivity index (χ3v) is 1.50. The average Bonchev–Trinajstić information content (AvgIpc) is 2.45. The van der Waals surface area contributed by atoms with Crippen molar-refractivity contribution in [3.63, 3.8) is 0 Å². The highest BCUT2D eigenvalue weighted by Crippen LogP contribution is 2.38. The van der Waals surface area contributed by atoms with Crippen LogP contribution in [0.2, 0.25) is 0 Å². The quantitative estimate of drug-likeness (QED) is 0.493. The van der Waals surface area contributed by atoms with E-state index in [-0.39, 0.29) is 12.5 Å². The lowest BCUT2D eigenvalue weighted by atomic mass is 10.2. The lowest BCUT2D eigenvalue weighted by molar-refractivity contribution is 0.0815. The Kier molecular flexibility index (Phi) is 1.36. The summed E-state index contributed by atoms with van der Waals surface area (Å²) < 4.78 is 0. The van der Waals surface area contributed by atoms with Crippen molar-refractivity contribution in [3.8, 4) is 0 Å². The van der Waals surface area contributed by atoms with E-state index in [2.05, 4.69) is 6.58 Å². The van der Waals surface area contributed by atoms with Crippen LogP contribution < -0.4 is 0 Å². The van der Waals surface area contributed by atoms with E-state index >= 15 is 0 Å². The van der Waals surface area contributed by atoms with Crippen LogP contribution in [0.4, 0.5) is 0 Å². The smallest absolute Gasteiger partial charge is 0.0838 e. The van der Waals surface area contributed by atoms with Crippen LogP contribution in [-0.4, -0.2) is 22.9 Å². The molecule has 1 fully saturated rings. The van der Waals surface area contributed by atoms with Crippen LogP contribution in [0, 0.1) is 5.92 Å². The minimum absolute atomic E-state index is 0.135. The molecule has 0 aliphatic heterocycles. The second-order valence-electron chi connectivity index (χ2n) is 2.22. The summed E-state index contributed by atoms with van der Waals surface area (Å²) in [5, 5.41) is 17.2. The molecule has 0 spiro atoms. The number of aliphatic hydroxyl groups excluding tert-OH is 2. The first kappa shape index (κ1) is 5.79. The van der Waals surface area contributed by atoms with E-state index in [9.17, 15) is 0 Å². The van der Waals surface area contributed by atoms with Crippen molar-refractivity contribution in [1.29, 1.82) is 0 Å². The average molecular weight is 114 g/mol. The van der Waals surface area contributed by atoms with Gasteiger partial charge in [-0.2, -0.15) is 0 Å². The van der Waals surface area contributed by atoms with Crippen molar-refractivity contribution in [2.75, 3.05) is 6.61 Å². The van der Waals surface area contributed by atoms with Crippen LogP contribution in [0.3, 0.4) is 0 Å². The highest BCUT2D eigenvalue weighted by Gasteiger charge is 2.33. The number of rotatable bonds is 2. The molecule has 0 amide bonds. The summed E-state index contributed by atoms with van der Waals surface area (Å²) in [5.74, 6) is 0.194. The van der Waals surface area contributed by atoms with E-state index in [0.29, 0.717) is 0 Å². The van der Waals surface area contributed by atoms with Gasteiger partial charge in [0.25, 0.3) is 0 Å². The van der Waals surface area contributed by atoms with Crippen molar-refractivity contribution in [2.24, 2.45) is 5.92 Å². The van der Waals surface area contributed by atoms with E-state index < -0.39 is 6.10 Å². The van der Waals surface area contributed by atoms with Gasteiger partial charge in [-0.1, -0.05) is 12.2 Å². The standard InChI is InChI=1S/C6H10O2/c1-4-2-5(4)6(8)3-7/h5-8H,1-3H2/t5-,6-/m0/s1. The van der Waals surface area contributed by atoms with Crippen molar-refractivity contribution in [2.45, 2.75) is 12.5 Å². The summed E-state index contributed by atoms with van der Waals surface area (Å²) >= 11 is 0. The second-order valence-corrected chi connectivity index (χ2v) is 2.22. The third-order valence-electron chi connectivity index (χ3n) is 1.50. The van der Waals surface area contributed by atoms with Gasteiger partial charge >= 0.3 is 0 Å². The van der Waals surface area contributed by atoms with Gasteiger partial charge < -0.3 is 10.2 Å². The lowest BCUT2D eigenvalue weighted by Crippen LogP contribution is -2.13. The molecule has 1 aliphatic rings. The van der Waals surface area contributed by atoms with Gasteiger partial charge in [-0.15, -0.1) is 0 Å². The maximum absolute atomic E-state index is 8.86. The fourth-order valence-corrected chi connectivity index (χ4v) is 0.759. The molecule has 0 saturated heterocycles. The lowest BCUT2D eigenvalue weighted by Gasteiger charge is -2.00. The monoisotopic (exact) mass is 114 g/mol. The first-order valence-corrected chi connectivity index (χ1v) is 2.72. The Morgan fingerprint density at radius 3 is 2.50 bits per heavy atom. The normalized spacial score (nSPS) is 30.2. The van der Waals surface area contributed by atoms with Crippen molar-refractivity contribution >= 4 is 0 Å². The van der Waals surface area contributed by atoms with Gasteiger partial charge in [0, 0.05) is 5.92 Å². The zero-order valence-corrected chi connectivity index (χ0v) is 4.67. The van der Waals surface area contributed by atoms with Gasteiger partial charge in [-0.3, -0.25) is 0 Å². The summed E-state index contributed by atoms with van der Waals surface area (Å²) in [7, 11) is 0. The Morgan fingerprint density at radius 1 is 1.88 bits per heavy atom. The molecule has 0 radical (unpaired) electrons. The summed E-state index contributed by atoms with van der Waals surface area (Å²) in [6, 6.07) is 0. The Morgan fingerprint density at radius 2 is 2.38 bits per heavy atom. The van der Waals surface area contributed by atoms with Gasteiger partial charge in [0.05, 0.1) is 12.7 Å². The predicted molar refractivity (Wildman–Crippen MR) is 30.3 cm³/mol. The van der Waals surface area contributed by atoms with Crippen molar-refractivity contribution < 1.29 is 10.2 Å². The van der Waals surface area contributed by atoms with Gasteiger partial charge in [0.2, 0.25) is 0 Å². The van der Waals surface area contributed by atoms with Gasteiger partial charge in [-0.05, 0) is 6.42 Å². The molecule has 8 heavy (non-hydrogen) atoms. The second kappa shape index (κ2) is 1.88. The fraction of sp³-hybridized carbons (Fsp3) is 0.667. The molecule has 0 bridgehead atoms. The first-order valence-electron chi connectivity index (χ1n) is 2.72.